The monoisotopic (exact) mass is 395 g/mol. The molecule has 0 fully saturated rings. The molecular formula is C18H15Cl2NO5. The molecule has 26 heavy (non-hydrogen) atoms. The lowest BCUT2D eigenvalue weighted by Crippen LogP contribution is -2.31. The average Bonchev–Trinajstić information content (AvgIpc) is 2.63. The summed E-state index contributed by atoms with van der Waals surface area (Å²) >= 11 is 11.8. The lowest BCUT2D eigenvalue weighted by molar-refractivity contribution is -0.155. The minimum atomic E-state index is -1.08. The number of anilines is 1. The smallest absolute Gasteiger partial charge is 0.344 e. The Morgan fingerprint density at radius 2 is 1.92 bits per heavy atom. The molecule has 0 aliphatic rings. The number of aldehydes is 1. The topological polar surface area (TPSA) is 81.7 Å². The number of hydrogen-bond donors (Lipinski definition) is 1. The molecule has 2 aromatic rings. The fourth-order valence-corrected chi connectivity index (χ4v) is 2.30. The maximum Gasteiger partial charge on any atom is 0.344 e. The summed E-state index contributed by atoms with van der Waals surface area (Å²) in [5, 5.41) is 3.23. The van der Waals surface area contributed by atoms with E-state index < -0.39 is 24.6 Å². The van der Waals surface area contributed by atoms with Gasteiger partial charge in [-0.25, -0.2) is 4.79 Å². The van der Waals surface area contributed by atoms with E-state index in [1.165, 1.54) is 19.1 Å². The Morgan fingerprint density at radius 1 is 1.19 bits per heavy atom. The zero-order valence-corrected chi connectivity index (χ0v) is 15.2. The van der Waals surface area contributed by atoms with Crippen molar-refractivity contribution in [1.82, 2.24) is 0 Å². The van der Waals surface area contributed by atoms with Crippen molar-refractivity contribution >= 4 is 47.1 Å². The second-order valence-electron chi connectivity index (χ2n) is 5.19. The van der Waals surface area contributed by atoms with Gasteiger partial charge in [0.2, 0.25) is 0 Å². The SMILES string of the molecule is C[C@@H](OC(=O)COc1ccccc1C=O)C(=O)Nc1cc(Cl)ccc1Cl. The van der Waals surface area contributed by atoms with Crippen LogP contribution in [-0.2, 0) is 14.3 Å². The van der Waals surface area contributed by atoms with E-state index in [0.29, 0.717) is 27.6 Å². The van der Waals surface area contributed by atoms with E-state index in [1.54, 1.807) is 30.3 Å². The van der Waals surface area contributed by atoms with Gasteiger partial charge in [-0.05, 0) is 37.3 Å². The van der Waals surface area contributed by atoms with Crippen LogP contribution >= 0.6 is 23.2 Å². The molecule has 0 saturated carbocycles. The minimum absolute atomic E-state index is 0.252. The molecule has 6 nitrogen and oxygen atoms in total. The molecule has 2 aromatic carbocycles. The zero-order chi connectivity index (χ0) is 19.1. The third-order valence-electron chi connectivity index (χ3n) is 3.26. The predicted molar refractivity (Wildman–Crippen MR) is 98.0 cm³/mol. The third-order valence-corrected chi connectivity index (χ3v) is 3.82. The molecular weight excluding hydrogens is 381 g/mol. The van der Waals surface area contributed by atoms with Gasteiger partial charge in [-0.15, -0.1) is 0 Å². The van der Waals surface area contributed by atoms with Gasteiger partial charge in [-0.1, -0.05) is 35.3 Å². The van der Waals surface area contributed by atoms with Crippen LogP contribution in [0, 0.1) is 0 Å². The Balaban J connectivity index is 1.89. The van der Waals surface area contributed by atoms with Crippen LogP contribution in [0.4, 0.5) is 5.69 Å². The van der Waals surface area contributed by atoms with Crippen molar-refractivity contribution in [2.75, 3.05) is 11.9 Å². The van der Waals surface area contributed by atoms with E-state index in [-0.39, 0.29) is 5.75 Å². The van der Waals surface area contributed by atoms with Crippen LogP contribution in [-0.4, -0.2) is 30.9 Å². The van der Waals surface area contributed by atoms with E-state index >= 15 is 0 Å². The van der Waals surface area contributed by atoms with Crippen LogP contribution in [0.2, 0.25) is 10.0 Å². The molecule has 0 saturated heterocycles. The van der Waals surface area contributed by atoms with Gasteiger partial charge in [0.15, 0.2) is 19.0 Å². The normalized spacial score (nSPS) is 11.3. The van der Waals surface area contributed by atoms with Crippen molar-refractivity contribution in [3.63, 3.8) is 0 Å². The largest absolute Gasteiger partial charge is 0.481 e. The summed E-state index contributed by atoms with van der Waals surface area (Å²) in [4.78, 5) is 34.8. The van der Waals surface area contributed by atoms with Gasteiger partial charge in [-0.3, -0.25) is 9.59 Å². The van der Waals surface area contributed by atoms with E-state index in [4.69, 9.17) is 32.7 Å². The highest BCUT2D eigenvalue weighted by Crippen LogP contribution is 2.25. The van der Waals surface area contributed by atoms with Crippen LogP contribution < -0.4 is 10.1 Å². The zero-order valence-electron chi connectivity index (χ0n) is 13.7. The number of esters is 1. The second-order valence-corrected chi connectivity index (χ2v) is 6.03. The highest BCUT2D eigenvalue weighted by molar-refractivity contribution is 6.35. The molecule has 0 bridgehead atoms. The first kappa shape index (κ1) is 19.8. The second kappa shape index (κ2) is 9.22. The molecule has 1 amide bonds. The Hall–Kier alpha value is -2.57. The van der Waals surface area contributed by atoms with E-state index in [9.17, 15) is 14.4 Å². The molecule has 136 valence electrons. The average molecular weight is 396 g/mol. The van der Waals surface area contributed by atoms with Gasteiger partial charge in [0.1, 0.15) is 5.75 Å². The summed E-state index contributed by atoms with van der Waals surface area (Å²) in [5.41, 5.74) is 0.616. The first-order chi connectivity index (χ1) is 12.4. The van der Waals surface area contributed by atoms with Crippen molar-refractivity contribution in [3.05, 3.63) is 58.1 Å². The minimum Gasteiger partial charge on any atom is -0.481 e. The van der Waals surface area contributed by atoms with Gasteiger partial charge in [0.05, 0.1) is 16.3 Å². The van der Waals surface area contributed by atoms with Crippen LogP contribution in [0.5, 0.6) is 5.75 Å². The van der Waals surface area contributed by atoms with Gasteiger partial charge in [0.25, 0.3) is 5.91 Å². The maximum atomic E-state index is 12.1. The molecule has 1 N–H and O–H groups in total. The van der Waals surface area contributed by atoms with E-state index in [2.05, 4.69) is 5.32 Å². The quantitative estimate of drug-likeness (QED) is 0.570. The molecule has 1 atom stereocenters. The predicted octanol–water partition coefficient (Wildman–Crippen LogP) is 3.76. The highest BCUT2D eigenvalue weighted by Gasteiger charge is 2.19. The van der Waals surface area contributed by atoms with Crippen LogP contribution in [0.25, 0.3) is 0 Å². The summed E-state index contributed by atoms with van der Waals surface area (Å²) < 4.78 is 10.3. The third kappa shape index (κ3) is 5.47. The fourth-order valence-electron chi connectivity index (χ4n) is 1.96. The number of rotatable bonds is 7. The van der Waals surface area contributed by atoms with Gasteiger partial charge >= 0.3 is 5.97 Å². The van der Waals surface area contributed by atoms with E-state index in [0.717, 1.165) is 0 Å². The number of para-hydroxylation sites is 1. The molecule has 8 heteroatoms. The van der Waals surface area contributed by atoms with Gasteiger partial charge < -0.3 is 14.8 Å². The van der Waals surface area contributed by atoms with E-state index in [1.807, 2.05) is 0 Å². The number of carbonyl (C=O) groups is 3. The Kier molecular flexibility index (Phi) is 7.00. The molecule has 0 spiro atoms. The summed E-state index contributed by atoms with van der Waals surface area (Å²) in [6.07, 6.45) is -0.465. The number of benzene rings is 2. The number of amides is 1. The van der Waals surface area contributed by atoms with Crippen molar-refractivity contribution in [2.24, 2.45) is 0 Å². The van der Waals surface area contributed by atoms with Crippen molar-refractivity contribution < 1.29 is 23.9 Å². The Morgan fingerprint density at radius 3 is 2.65 bits per heavy atom. The fraction of sp³-hybridized carbons (Fsp3) is 0.167. The van der Waals surface area contributed by atoms with Gasteiger partial charge in [0, 0.05) is 5.02 Å². The highest BCUT2D eigenvalue weighted by atomic mass is 35.5. The number of carbonyl (C=O) groups excluding carboxylic acids is 3. The standard InChI is InChI=1S/C18H15Cl2NO5/c1-11(18(24)21-15-8-13(19)6-7-14(15)20)26-17(23)10-25-16-5-3-2-4-12(16)9-22/h2-9,11H,10H2,1H3,(H,21,24)/t11-/m1/s1. The van der Waals surface area contributed by atoms with Crippen molar-refractivity contribution in [2.45, 2.75) is 13.0 Å². The molecule has 0 aliphatic heterocycles. The lowest BCUT2D eigenvalue weighted by Gasteiger charge is -2.15. The molecule has 0 aromatic heterocycles. The number of hydrogen-bond acceptors (Lipinski definition) is 5. The summed E-state index contributed by atoms with van der Waals surface area (Å²) in [7, 11) is 0. The first-order valence-electron chi connectivity index (χ1n) is 7.53. The molecule has 0 aliphatic carbocycles. The van der Waals surface area contributed by atoms with Crippen LogP contribution in [0.3, 0.4) is 0 Å². The number of halogens is 2. The van der Waals surface area contributed by atoms with Crippen LogP contribution in [0.1, 0.15) is 17.3 Å². The maximum absolute atomic E-state index is 12.1. The summed E-state index contributed by atoms with van der Waals surface area (Å²) in [6, 6.07) is 11.0. The number of ether oxygens (including phenoxy) is 2. The first-order valence-corrected chi connectivity index (χ1v) is 8.28. The van der Waals surface area contributed by atoms with Crippen molar-refractivity contribution in [3.8, 4) is 5.75 Å². The Labute approximate surface area is 160 Å². The molecule has 0 heterocycles. The Bertz CT molecular complexity index is 825. The van der Waals surface area contributed by atoms with Gasteiger partial charge in [-0.2, -0.15) is 0 Å². The molecule has 2 rings (SSSR count). The van der Waals surface area contributed by atoms with Crippen molar-refractivity contribution in [1.29, 1.82) is 0 Å². The summed E-state index contributed by atoms with van der Waals surface area (Å²) in [5.74, 6) is -1.08. The summed E-state index contributed by atoms with van der Waals surface area (Å²) in [6.45, 7) is 0.964. The van der Waals surface area contributed by atoms with Crippen LogP contribution in [0.15, 0.2) is 42.5 Å². The molecule has 0 unspecified atom stereocenters. The number of nitrogens with one attached hydrogen (secondary N) is 1. The lowest BCUT2D eigenvalue weighted by atomic mass is 10.2. The molecule has 0 radical (unpaired) electrons.